The van der Waals surface area contributed by atoms with Gasteiger partial charge in [-0.2, -0.15) is 0 Å². The number of fused-ring (bicyclic) bond motifs is 5. The van der Waals surface area contributed by atoms with Gasteiger partial charge in [-0.05, 0) is 67.7 Å². The summed E-state index contributed by atoms with van der Waals surface area (Å²) in [5, 5.41) is 45.5. The smallest absolute Gasteiger partial charge is 0.408 e. The summed E-state index contributed by atoms with van der Waals surface area (Å²) < 4.78 is 22.4. The Balaban J connectivity index is 1.19. The van der Waals surface area contributed by atoms with E-state index in [0.29, 0.717) is 36.0 Å². The van der Waals surface area contributed by atoms with E-state index >= 15 is 4.39 Å². The second kappa shape index (κ2) is 12.8. The summed E-state index contributed by atoms with van der Waals surface area (Å²) in [6.07, 6.45) is 2.63. The monoisotopic (exact) mass is 659 g/mol. The molecule has 47 heavy (non-hydrogen) atoms. The molecule has 4 aliphatic rings. The highest BCUT2D eigenvalue weighted by atomic mass is 19.1. The van der Waals surface area contributed by atoms with Crippen molar-refractivity contribution in [3.8, 4) is 0 Å². The first-order chi connectivity index (χ1) is 22.1. The maximum atomic E-state index is 17.3. The van der Waals surface area contributed by atoms with Gasteiger partial charge in [0.1, 0.15) is 12.1 Å². The number of Topliss-reactive ketones (excluding diaryl/α,β-unsaturated/α-hetero) is 1. The van der Waals surface area contributed by atoms with E-state index < -0.39 is 82.3 Å². The standard InChI is InChI=1S/C33H42FN3O10/c1-19-12-25-24-9-8-22-13-23(38)10-11-30(22,2)32(24,34)26(39)14-31(25,3)33(19,43)27(40)18-46-29(42)36-16-28(41)35-15-20-6-4-5-7-21(20)17-47-37(44)45/h4-7,10-11,13,19,24-26,39,43-45H,8-9,12,14-18H2,1-3H3,(H,35,41)(H,36,42)/t19-,24+,25+,26+,30+,31+,32+,33+/m1/s1. The van der Waals surface area contributed by atoms with Gasteiger partial charge in [0.05, 0.1) is 18.1 Å². The molecule has 0 heterocycles. The summed E-state index contributed by atoms with van der Waals surface area (Å²) in [7, 11) is 0. The molecule has 3 fully saturated rings. The second-order valence-corrected chi connectivity index (χ2v) is 13.6. The molecule has 6 N–H and O–H groups in total. The minimum Gasteiger partial charge on any atom is -0.441 e. The number of benzene rings is 1. The number of halogens is 1. The molecule has 0 unspecified atom stereocenters. The van der Waals surface area contributed by atoms with Crippen LogP contribution in [0.5, 0.6) is 0 Å². The van der Waals surface area contributed by atoms with Crippen molar-refractivity contribution in [1.82, 2.24) is 16.0 Å². The second-order valence-electron chi connectivity index (χ2n) is 13.6. The number of nitrogens with one attached hydrogen (secondary N) is 2. The van der Waals surface area contributed by atoms with E-state index in [1.807, 2.05) is 0 Å². The number of rotatable bonds is 10. The molecule has 256 valence electrons. The first-order valence-electron chi connectivity index (χ1n) is 15.7. The van der Waals surface area contributed by atoms with Gasteiger partial charge >= 0.3 is 6.09 Å². The highest BCUT2D eigenvalue weighted by molar-refractivity contribution is 6.01. The fourth-order valence-corrected chi connectivity index (χ4v) is 8.84. The number of carbonyl (C=O) groups excluding carboxylic acids is 4. The zero-order valence-electron chi connectivity index (χ0n) is 26.6. The minimum absolute atomic E-state index is 0.0489. The lowest BCUT2D eigenvalue weighted by atomic mass is 9.44. The maximum Gasteiger partial charge on any atom is 0.408 e. The topological polar surface area (TPSA) is 195 Å². The third-order valence-corrected chi connectivity index (χ3v) is 11.3. The third-order valence-electron chi connectivity index (χ3n) is 11.3. The summed E-state index contributed by atoms with van der Waals surface area (Å²) in [6.45, 7) is 3.68. The largest absolute Gasteiger partial charge is 0.441 e. The van der Waals surface area contributed by atoms with Gasteiger partial charge in [-0.15, -0.1) is 0 Å². The maximum absolute atomic E-state index is 17.3. The quantitative estimate of drug-likeness (QED) is 0.202. The van der Waals surface area contributed by atoms with Crippen LogP contribution in [0.4, 0.5) is 9.18 Å². The average Bonchev–Trinajstić information content (AvgIpc) is 3.23. The number of ketones is 2. The van der Waals surface area contributed by atoms with E-state index in [-0.39, 0.29) is 25.4 Å². The first-order valence-corrected chi connectivity index (χ1v) is 15.7. The molecule has 0 saturated heterocycles. The highest BCUT2D eigenvalue weighted by Gasteiger charge is 2.75. The molecule has 0 bridgehead atoms. The normalized spacial score (nSPS) is 35.8. The lowest BCUT2D eigenvalue weighted by Gasteiger charge is -2.62. The lowest BCUT2D eigenvalue weighted by Crippen LogP contribution is -2.69. The Morgan fingerprint density at radius 1 is 1.11 bits per heavy atom. The zero-order chi connectivity index (χ0) is 34.4. The number of hydrogen-bond acceptors (Lipinski definition) is 11. The molecule has 8 atom stereocenters. The number of allylic oxidation sites excluding steroid dienone is 4. The molecule has 14 heteroatoms. The van der Waals surface area contributed by atoms with Gasteiger partial charge < -0.3 is 25.6 Å². The summed E-state index contributed by atoms with van der Waals surface area (Å²) >= 11 is 0. The predicted octanol–water partition coefficient (Wildman–Crippen LogP) is 2.46. The SMILES string of the molecule is C[C@@H]1C[C@H]2[C@@H]3CCC4=CC(=O)C=C[C@]4(C)[C@@]3(F)[C@@H](O)C[C@]2(C)[C@@]1(O)C(=O)COC(=O)NCC(=O)NCc1ccccc1CON(O)O. The van der Waals surface area contributed by atoms with E-state index in [0.717, 1.165) is 0 Å². The van der Waals surface area contributed by atoms with Crippen LogP contribution in [-0.2, 0) is 37.1 Å². The molecule has 3 saturated carbocycles. The molecule has 4 aliphatic carbocycles. The van der Waals surface area contributed by atoms with Crippen LogP contribution in [0.1, 0.15) is 57.6 Å². The Morgan fingerprint density at radius 2 is 1.81 bits per heavy atom. The fourth-order valence-electron chi connectivity index (χ4n) is 8.84. The van der Waals surface area contributed by atoms with Crippen molar-refractivity contribution in [3.05, 3.63) is 59.2 Å². The average molecular weight is 660 g/mol. The van der Waals surface area contributed by atoms with Crippen LogP contribution in [0.15, 0.2) is 48.1 Å². The van der Waals surface area contributed by atoms with Gasteiger partial charge in [-0.3, -0.25) is 24.8 Å². The highest BCUT2D eigenvalue weighted by Crippen LogP contribution is 2.70. The number of ether oxygens (including phenoxy) is 1. The number of alkyl carbamates (subject to hydrolysis) is 1. The van der Waals surface area contributed by atoms with Crippen LogP contribution in [0, 0.1) is 28.6 Å². The molecule has 5 rings (SSSR count). The molecular weight excluding hydrogens is 617 g/mol. The van der Waals surface area contributed by atoms with Crippen molar-refractivity contribution in [2.75, 3.05) is 13.2 Å². The van der Waals surface area contributed by atoms with Crippen molar-refractivity contribution < 1.29 is 53.8 Å². The van der Waals surface area contributed by atoms with E-state index in [9.17, 15) is 29.4 Å². The first kappa shape index (κ1) is 34.8. The van der Waals surface area contributed by atoms with E-state index in [4.69, 9.17) is 15.2 Å². The van der Waals surface area contributed by atoms with Crippen LogP contribution < -0.4 is 10.6 Å². The molecular formula is C33H42FN3O10. The van der Waals surface area contributed by atoms with Gasteiger partial charge in [0, 0.05) is 23.3 Å². The molecule has 0 radical (unpaired) electrons. The molecule has 1 aromatic rings. The Kier molecular flexibility index (Phi) is 9.49. The molecule has 1 aromatic carbocycles. The molecule has 0 spiro atoms. The van der Waals surface area contributed by atoms with Crippen molar-refractivity contribution in [3.63, 3.8) is 0 Å². The van der Waals surface area contributed by atoms with Gasteiger partial charge in [0.2, 0.25) is 11.7 Å². The molecule has 0 aromatic heterocycles. The van der Waals surface area contributed by atoms with Crippen LogP contribution in [0.3, 0.4) is 0 Å². The van der Waals surface area contributed by atoms with Gasteiger partial charge in [0.25, 0.3) is 0 Å². The van der Waals surface area contributed by atoms with E-state index in [2.05, 4.69) is 15.5 Å². The minimum atomic E-state index is -2.11. The van der Waals surface area contributed by atoms with Gasteiger partial charge in [-0.1, -0.05) is 49.8 Å². The third kappa shape index (κ3) is 5.80. The van der Waals surface area contributed by atoms with Crippen molar-refractivity contribution >= 4 is 23.6 Å². The Morgan fingerprint density at radius 3 is 2.51 bits per heavy atom. The number of amides is 2. The summed E-state index contributed by atoms with van der Waals surface area (Å²) in [5.74, 6) is -3.36. The van der Waals surface area contributed by atoms with E-state index in [1.54, 1.807) is 51.1 Å². The van der Waals surface area contributed by atoms with Crippen LogP contribution in [-0.4, -0.2) is 80.1 Å². The van der Waals surface area contributed by atoms with Gasteiger partial charge in [-0.25, -0.2) is 14.0 Å². The molecule has 13 nitrogen and oxygen atoms in total. The number of alkyl halides is 1. The summed E-state index contributed by atoms with van der Waals surface area (Å²) in [6, 6.07) is 6.79. The van der Waals surface area contributed by atoms with E-state index in [1.165, 1.54) is 12.2 Å². The van der Waals surface area contributed by atoms with Crippen molar-refractivity contribution in [1.29, 1.82) is 0 Å². The van der Waals surface area contributed by atoms with Crippen LogP contribution in [0.25, 0.3) is 0 Å². The Hall–Kier alpha value is -3.53. The number of carbonyl (C=O) groups is 4. The van der Waals surface area contributed by atoms with Crippen LogP contribution in [0.2, 0.25) is 0 Å². The predicted molar refractivity (Wildman–Crippen MR) is 161 cm³/mol. The van der Waals surface area contributed by atoms with Crippen molar-refractivity contribution in [2.45, 2.75) is 77.0 Å². The van der Waals surface area contributed by atoms with Gasteiger partial charge in [0.15, 0.2) is 18.1 Å². The number of nitrogens with zero attached hydrogens (tertiary/aromatic N) is 1. The molecule has 2 amide bonds. The van der Waals surface area contributed by atoms with Crippen LogP contribution >= 0.6 is 0 Å². The number of hydrogen-bond donors (Lipinski definition) is 6. The fraction of sp³-hybridized carbons (Fsp3) is 0.576. The Bertz CT molecular complexity index is 1500. The lowest BCUT2D eigenvalue weighted by molar-refractivity contribution is -0.497. The van der Waals surface area contributed by atoms with Crippen molar-refractivity contribution in [2.24, 2.45) is 28.6 Å². The summed E-state index contributed by atoms with van der Waals surface area (Å²) in [4.78, 5) is 55.1. The summed E-state index contributed by atoms with van der Waals surface area (Å²) in [5.41, 5.74) is -4.72. The number of aliphatic hydroxyl groups excluding tert-OH is 1. The zero-order valence-corrected chi connectivity index (χ0v) is 26.6. The Labute approximate surface area is 271 Å². The molecule has 0 aliphatic heterocycles. The number of aliphatic hydroxyl groups is 2.